The fourth-order valence-corrected chi connectivity index (χ4v) is 3.15. The lowest BCUT2D eigenvalue weighted by Gasteiger charge is -2.15. The van der Waals surface area contributed by atoms with E-state index < -0.39 is 5.92 Å². The summed E-state index contributed by atoms with van der Waals surface area (Å²) < 4.78 is 6.38. The molecule has 0 spiro atoms. The van der Waals surface area contributed by atoms with Gasteiger partial charge in [-0.05, 0) is 47.5 Å². The fraction of sp³-hybridized carbons (Fsp3) is 0.136. The first kappa shape index (κ1) is 17.7. The number of para-hydroxylation sites is 1. The highest BCUT2D eigenvalue weighted by Crippen LogP contribution is 2.25. The van der Waals surface area contributed by atoms with E-state index >= 15 is 0 Å². The predicted octanol–water partition coefficient (Wildman–Crippen LogP) is 3.43. The second kappa shape index (κ2) is 7.15. The third kappa shape index (κ3) is 3.20. The van der Waals surface area contributed by atoms with Crippen molar-refractivity contribution in [1.82, 2.24) is 9.66 Å². The number of methoxy groups -OCH3 is 1. The molecular formula is C22H19N3O3. The summed E-state index contributed by atoms with van der Waals surface area (Å²) in [7, 11) is 1.63. The Morgan fingerprint density at radius 3 is 2.64 bits per heavy atom. The minimum atomic E-state index is -0.440. The van der Waals surface area contributed by atoms with Gasteiger partial charge in [-0.1, -0.05) is 36.4 Å². The van der Waals surface area contributed by atoms with Gasteiger partial charge < -0.3 is 4.74 Å². The Hall–Kier alpha value is -3.67. The summed E-state index contributed by atoms with van der Waals surface area (Å²) in [5, 5.41) is 2.51. The summed E-state index contributed by atoms with van der Waals surface area (Å²) in [6.07, 6.45) is 1.34. The van der Waals surface area contributed by atoms with Crippen molar-refractivity contribution in [3.63, 3.8) is 0 Å². The van der Waals surface area contributed by atoms with Crippen LogP contribution >= 0.6 is 0 Å². The number of hydrogen-bond donors (Lipinski definition) is 1. The van der Waals surface area contributed by atoms with Crippen LogP contribution in [0.5, 0.6) is 5.75 Å². The van der Waals surface area contributed by atoms with E-state index in [1.54, 1.807) is 32.2 Å². The van der Waals surface area contributed by atoms with Gasteiger partial charge in [0.2, 0.25) is 5.91 Å². The average Bonchev–Trinajstić information content (AvgIpc) is 2.74. The highest BCUT2D eigenvalue weighted by Gasteiger charge is 2.17. The number of fused-ring (bicyclic) bond motifs is 2. The lowest BCUT2D eigenvalue weighted by atomic mass is 9.97. The molecule has 4 aromatic rings. The van der Waals surface area contributed by atoms with Gasteiger partial charge in [-0.25, -0.2) is 9.66 Å². The van der Waals surface area contributed by atoms with Gasteiger partial charge in [-0.3, -0.25) is 15.0 Å². The topological polar surface area (TPSA) is 73.2 Å². The van der Waals surface area contributed by atoms with E-state index in [2.05, 4.69) is 10.4 Å². The molecule has 140 valence electrons. The first-order valence-electron chi connectivity index (χ1n) is 8.92. The van der Waals surface area contributed by atoms with Crippen LogP contribution in [0.4, 0.5) is 0 Å². The van der Waals surface area contributed by atoms with Gasteiger partial charge in [0.1, 0.15) is 12.1 Å². The number of nitrogens with one attached hydrogen (secondary N) is 1. The third-order valence-electron chi connectivity index (χ3n) is 4.86. The zero-order valence-corrected chi connectivity index (χ0v) is 15.5. The highest BCUT2D eigenvalue weighted by atomic mass is 16.5. The maximum atomic E-state index is 12.7. The van der Waals surface area contributed by atoms with Crippen molar-refractivity contribution in [2.24, 2.45) is 0 Å². The Morgan fingerprint density at radius 2 is 1.82 bits per heavy atom. The van der Waals surface area contributed by atoms with Gasteiger partial charge in [-0.15, -0.1) is 0 Å². The Balaban J connectivity index is 1.60. The van der Waals surface area contributed by atoms with Crippen LogP contribution in [0.1, 0.15) is 18.4 Å². The maximum absolute atomic E-state index is 12.7. The van der Waals surface area contributed by atoms with Crippen LogP contribution in [0.15, 0.2) is 71.8 Å². The molecule has 1 amide bonds. The first-order valence-corrected chi connectivity index (χ1v) is 8.92. The van der Waals surface area contributed by atoms with Crippen molar-refractivity contribution in [3.8, 4) is 5.75 Å². The van der Waals surface area contributed by atoms with E-state index in [1.807, 2.05) is 42.5 Å². The van der Waals surface area contributed by atoms with Gasteiger partial charge in [0, 0.05) is 0 Å². The molecule has 0 saturated carbocycles. The minimum absolute atomic E-state index is 0.285. The number of benzene rings is 3. The molecule has 0 fully saturated rings. The summed E-state index contributed by atoms with van der Waals surface area (Å²) in [5.41, 5.74) is 3.79. The lowest BCUT2D eigenvalue weighted by Crippen LogP contribution is -2.35. The smallest absolute Gasteiger partial charge is 0.280 e. The van der Waals surface area contributed by atoms with Crippen molar-refractivity contribution < 1.29 is 9.53 Å². The van der Waals surface area contributed by atoms with E-state index in [9.17, 15) is 9.59 Å². The molecule has 0 aliphatic rings. The number of aromatic nitrogens is 2. The molecule has 0 radical (unpaired) electrons. The van der Waals surface area contributed by atoms with E-state index in [-0.39, 0.29) is 11.5 Å². The maximum Gasteiger partial charge on any atom is 0.280 e. The van der Waals surface area contributed by atoms with Gasteiger partial charge in [0.25, 0.3) is 5.56 Å². The molecule has 1 N–H and O–H groups in total. The van der Waals surface area contributed by atoms with Crippen LogP contribution < -0.4 is 15.7 Å². The molecule has 1 aromatic heterocycles. The Labute approximate surface area is 161 Å². The molecule has 6 nitrogen and oxygen atoms in total. The van der Waals surface area contributed by atoms with Crippen molar-refractivity contribution in [2.75, 3.05) is 12.5 Å². The first-order chi connectivity index (χ1) is 13.6. The van der Waals surface area contributed by atoms with Gasteiger partial charge in [0.05, 0.1) is 23.9 Å². The summed E-state index contributed by atoms with van der Waals surface area (Å²) >= 11 is 0. The number of rotatable bonds is 4. The van der Waals surface area contributed by atoms with Crippen molar-refractivity contribution in [1.29, 1.82) is 0 Å². The van der Waals surface area contributed by atoms with Crippen LogP contribution in [-0.2, 0) is 4.79 Å². The van der Waals surface area contributed by atoms with Crippen LogP contribution in [-0.4, -0.2) is 22.7 Å². The van der Waals surface area contributed by atoms with E-state index in [4.69, 9.17) is 4.74 Å². The Kier molecular flexibility index (Phi) is 4.53. The lowest BCUT2D eigenvalue weighted by molar-refractivity contribution is -0.118. The molecule has 0 unspecified atom stereocenters. The second-order valence-electron chi connectivity index (χ2n) is 6.61. The van der Waals surface area contributed by atoms with Crippen LogP contribution in [0.2, 0.25) is 0 Å². The molecule has 4 rings (SSSR count). The number of ether oxygens (including phenoxy) is 1. The molecule has 3 aromatic carbocycles. The normalized spacial score (nSPS) is 12.1. The van der Waals surface area contributed by atoms with E-state index in [1.165, 1.54) is 6.33 Å². The quantitative estimate of drug-likeness (QED) is 0.595. The van der Waals surface area contributed by atoms with Crippen LogP contribution in [0.3, 0.4) is 0 Å². The van der Waals surface area contributed by atoms with Crippen molar-refractivity contribution >= 4 is 27.6 Å². The summed E-state index contributed by atoms with van der Waals surface area (Å²) in [5.74, 6) is 0.0612. The Morgan fingerprint density at radius 1 is 1.07 bits per heavy atom. The molecule has 1 heterocycles. The number of nitrogens with zero attached hydrogens (tertiary/aromatic N) is 2. The van der Waals surface area contributed by atoms with E-state index in [0.29, 0.717) is 10.9 Å². The summed E-state index contributed by atoms with van der Waals surface area (Å²) in [6, 6.07) is 18.7. The molecule has 1 atom stereocenters. The largest absolute Gasteiger partial charge is 0.497 e. The number of carbonyl (C=O) groups is 1. The number of hydrogen-bond acceptors (Lipinski definition) is 4. The molecule has 0 saturated heterocycles. The third-order valence-corrected chi connectivity index (χ3v) is 4.86. The van der Waals surface area contributed by atoms with Crippen LogP contribution in [0, 0.1) is 0 Å². The fourth-order valence-electron chi connectivity index (χ4n) is 3.15. The second-order valence-corrected chi connectivity index (χ2v) is 6.61. The average molecular weight is 373 g/mol. The van der Waals surface area contributed by atoms with Gasteiger partial charge >= 0.3 is 0 Å². The number of amides is 1. The monoisotopic (exact) mass is 373 g/mol. The summed E-state index contributed by atoms with van der Waals surface area (Å²) in [4.78, 5) is 29.5. The standard InChI is InChI=1S/C22H19N3O3/c1-14(15-7-8-17-12-18(28-2)10-9-16(17)11-15)21(26)24-25-13-23-20-6-4-3-5-19(20)22(25)27/h3-14H,1-2H3,(H,24,26)/t14-/m0/s1. The zero-order valence-electron chi connectivity index (χ0n) is 15.5. The molecule has 0 aliphatic heterocycles. The number of carbonyl (C=O) groups excluding carboxylic acids is 1. The summed E-state index contributed by atoms with van der Waals surface area (Å²) in [6.45, 7) is 1.81. The van der Waals surface area contributed by atoms with Crippen LogP contribution in [0.25, 0.3) is 21.7 Å². The van der Waals surface area contributed by atoms with Crippen molar-refractivity contribution in [3.05, 3.63) is 82.9 Å². The van der Waals surface area contributed by atoms with Gasteiger partial charge in [0.15, 0.2) is 0 Å². The molecular weight excluding hydrogens is 354 g/mol. The predicted molar refractivity (Wildman–Crippen MR) is 109 cm³/mol. The molecule has 28 heavy (non-hydrogen) atoms. The molecule has 0 aliphatic carbocycles. The SMILES string of the molecule is COc1ccc2cc([C@H](C)C(=O)Nn3cnc4ccccc4c3=O)ccc2c1. The molecule has 0 bridgehead atoms. The highest BCUT2D eigenvalue weighted by molar-refractivity contribution is 5.92. The van der Waals surface area contributed by atoms with Gasteiger partial charge in [-0.2, -0.15) is 0 Å². The van der Waals surface area contributed by atoms with E-state index in [0.717, 1.165) is 26.8 Å². The Bertz CT molecular complexity index is 1250. The zero-order chi connectivity index (χ0) is 19.7. The molecule has 6 heteroatoms. The minimum Gasteiger partial charge on any atom is -0.497 e. The van der Waals surface area contributed by atoms with Crippen molar-refractivity contribution in [2.45, 2.75) is 12.8 Å².